The number of anilines is 1. The molecule has 2 amide bonds. The summed E-state index contributed by atoms with van der Waals surface area (Å²) in [6.45, 7) is 5.26. The summed E-state index contributed by atoms with van der Waals surface area (Å²) < 4.78 is 28.6. The van der Waals surface area contributed by atoms with Gasteiger partial charge in [-0.2, -0.15) is 0 Å². The number of rotatable bonds is 12. The molecule has 0 heterocycles. The number of carbonyl (C=O) groups is 2. The molecule has 7 nitrogen and oxygen atoms in total. The number of halogens is 2. The highest BCUT2D eigenvalue weighted by molar-refractivity contribution is 7.92. The fourth-order valence-corrected chi connectivity index (χ4v) is 5.69. The van der Waals surface area contributed by atoms with Crippen LogP contribution < -0.4 is 9.62 Å². The Kier molecular flexibility index (Phi) is 10.8. The second-order valence-electron chi connectivity index (χ2n) is 9.19. The Morgan fingerprint density at radius 1 is 0.846 bits per heavy atom. The van der Waals surface area contributed by atoms with E-state index >= 15 is 0 Å². The van der Waals surface area contributed by atoms with Crippen molar-refractivity contribution in [1.29, 1.82) is 0 Å². The Morgan fingerprint density at radius 2 is 1.41 bits per heavy atom. The lowest BCUT2D eigenvalue weighted by atomic mass is 10.1. The van der Waals surface area contributed by atoms with Crippen molar-refractivity contribution in [2.45, 2.75) is 57.1 Å². The van der Waals surface area contributed by atoms with Crippen molar-refractivity contribution in [2.75, 3.05) is 10.8 Å². The van der Waals surface area contributed by atoms with Gasteiger partial charge in [0.2, 0.25) is 11.8 Å². The SMILES string of the molecule is CCC(C)NC(=O)C(CC)N(Cc1ccc(Cl)cc1)C(=O)CN(c1ccc(Cl)cc1)S(=O)(=O)c1ccccc1. The number of sulfonamides is 1. The summed E-state index contributed by atoms with van der Waals surface area (Å²) in [5.74, 6) is -0.816. The fraction of sp³-hybridized carbons (Fsp3) is 0.310. The summed E-state index contributed by atoms with van der Waals surface area (Å²) in [6.07, 6.45) is 1.07. The van der Waals surface area contributed by atoms with Gasteiger partial charge in [-0.3, -0.25) is 13.9 Å². The summed E-state index contributed by atoms with van der Waals surface area (Å²) in [6, 6.07) is 20.2. The third kappa shape index (κ3) is 7.97. The molecule has 0 bridgehead atoms. The predicted octanol–water partition coefficient (Wildman–Crippen LogP) is 5.91. The minimum atomic E-state index is -4.12. The average Bonchev–Trinajstić information content (AvgIpc) is 2.93. The maximum absolute atomic E-state index is 14.0. The first-order valence-electron chi connectivity index (χ1n) is 12.7. The highest BCUT2D eigenvalue weighted by Crippen LogP contribution is 2.26. The number of benzene rings is 3. The van der Waals surface area contributed by atoms with Gasteiger partial charge in [0.15, 0.2) is 0 Å². The molecular weight excluding hydrogens is 557 g/mol. The van der Waals surface area contributed by atoms with Gasteiger partial charge in [-0.25, -0.2) is 8.42 Å². The molecule has 208 valence electrons. The molecule has 0 aliphatic heterocycles. The second-order valence-corrected chi connectivity index (χ2v) is 11.9. The van der Waals surface area contributed by atoms with E-state index in [-0.39, 0.29) is 29.1 Å². The van der Waals surface area contributed by atoms with Crippen molar-refractivity contribution in [1.82, 2.24) is 10.2 Å². The predicted molar refractivity (Wildman–Crippen MR) is 156 cm³/mol. The zero-order valence-electron chi connectivity index (χ0n) is 22.2. The van der Waals surface area contributed by atoms with Crippen molar-refractivity contribution in [3.05, 3.63) is 94.5 Å². The van der Waals surface area contributed by atoms with Gasteiger partial charge in [-0.1, -0.05) is 67.4 Å². The molecule has 0 aromatic heterocycles. The maximum Gasteiger partial charge on any atom is 0.264 e. The number of carbonyl (C=O) groups excluding carboxylic acids is 2. The van der Waals surface area contributed by atoms with Gasteiger partial charge in [0.25, 0.3) is 10.0 Å². The largest absolute Gasteiger partial charge is 0.352 e. The van der Waals surface area contributed by atoms with Crippen LogP contribution in [0.5, 0.6) is 0 Å². The number of hydrogen-bond acceptors (Lipinski definition) is 4. The van der Waals surface area contributed by atoms with E-state index in [1.54, 1.807) is 66.7 Å². The van der Waals surface area contributed by atoms with Gasteiger partial charge in [0.05, 0.1) is 10.6 Å². The average molecular weight is 591 g/mol. The summed E-state index contributed by atoms with van der Waals surface area (Å²) in [5, 5.41) is 3.93. The molecule has 0 aliphatic carbocycles. The highest BCUT2D eigenvalue weighted by Gasteiger charge is 2.33. The summed E-state index contributed by atoms with van der Waals surface area (Å²) in [5.41, 5.74) is 1.03. The number of hydrogen-bond donors (Lipinski definition) is 1. The van der Waals surface area contributed by atoms with Gasteiger partial charge < -0.3 is 10.2 Å². The first-order valence-corrected chi connectivity index (χ1v) is 14.9. The number of nitrogens with one attached hydrogen (secondary N) is 1. The Morgan fingerprint density at radius 3 is 1.95 bits per heavy atom. The fourth-order valence-electron chi connectivity index (χ4n) is 4.00. The van der Waals surface area contributed by atoms with Gasteiger partial charge in [-0.15, -0.1) is 0 Å². The molecule has 0 radical (unpaired) electrons. The van der Waals surface area contributed by atoms with E-state index in [0.717, 1.165) is 16.3 Å². The quantitative estimate of drug-likeness (QED) is 0.284. The van der Waals surface area contributed by atoms with Crippen LogP contribution in [-0.2, 0) is 26.2 Å². The molecule has 2 unspecified atom stereocenters. The maximum atomic E-state index is 14.0. The second kappa shape index (κ2) is 13.8. The number of nitrogens with zero attached hydrogens (tertiary/aromatic N) is 2. The third-order valence-electron chi connectivity index (χ3n) is 6.38. The molecule has 3 aromatic carbocycles. The van der Waals surface area contributed by atoms with Crippen molar-refractivity contribution in [2.24, 2.45) is 0 Å². The standard InChI is InChI=1S/C29H33Cl2N3O4S/c1-4-21(3)32-29(36)27(5-2)33(19-22-11-13-23(30)14-12-22)28(35)20-34(25-17-15-24(31)16-18-25)39(37,38)26-9-7-6-8-10-26/h6-18,21,27H,4-5,19-20H2,1-3H3,(H,32,36). The van der Waals surface area contributed by atoms with Crippen LogP contribution in [0, 0.1) is 0 Å². The Bertz CT molecular complexity index is 1350. The Hall–Kier alpha value is -3.07. The zero-order chi connectivity index (χ0) is 28.6. The lowest BCUT2D eigenvalue weighted by Crippen LogP contribution is -2.53. The normalized spacial score (nSPS) is 12.8. The van der Waals surface area contributed by atoms with Crippen LogP contribution in [0.2, 0.25) is 10.0 Å². The summed E-state index contributed by atoms with van der Waals surface area (Å²) >= 11 is 12.1. The lowest BCUT2D eigenvalue weighted by molar-refractivity contribution is -0.140. The van der Waals surface area contributed by atoms with Crippen LogP contribution in [0.4, 0.5) is 5.69 Å². The van der Waals surface area contributed by atoms with E-state index in [2.05, 4.69) is 5.32 Å². The molecule has 0 aliphatic rings. The zero-order valence-corrected chi connectivity index (χ0v) is 24.5. The monoisotopic (exact) mass is 589 g/mol. The molecule has 39 heavy (non-hydrogen) atoms. The first kappa shape index (κ1) is 30.5. The number of amides is 2. The van der Waals surface area contributed by atoms with Crippen molar-refractivity contribution in [3.8, 4) is 0 Å². The van der Waals surface area contributed by atoms with Gasteiger partial charge in [0.1, 0.15) is 12.6 Å². The highest BCUT2D eigenvalue weighted by atomic mass is 35.5. The molecule has 0 saturated carbocycles. The molecule has 0 saturated heterocycles. The minimum absolute atomic E-state index is 0.0403. The molecule has 3 rings (SSSR count). The molecule has 10 heteroatoms. The van der Waals surface area contributed by atoms with Gasteiger partial charge >= 0.3 is 0 Å². The van der Waals surface area contributed by atoms with E-state index in [1.807, 2.05) is 20.8 Å². The van der Waals surface area contributed by atoms with E-state index in [0.29, 0.717) is 16.5 Å². The summed E-state index contributed by atoms with van der Waals surface area (Å²) in [4.78, 5) is 28.7. The van der Waals surface area contributed by atoms with E-state index in [4.69, 9.17) is 23.2 Å². The van der Waals surface area contributed by atoms with E-state index < -0.39 is 28.5 Å². The minimum Gasteiger partial charge on any atom is -0.352 e. The smallest absolute Gasteiger partial charge is 0.264 e. The lowest BCUT2D eigenvalue weighted by Gasteiger charge is -2.33. The van der Waals surface area contributed by atoms with Gasteiger partial charge in [0, 0.05) is 22.6 Å². The molecule has 0 fully saturated rings. The van der Waals surface area contributed by atoms with E-state index in [1.165, 1.54) is 17.0 Å². The topological polar surface area (TPSA) is 86.8 Å². The molecule has 0 spiro atoms. The van der Waals surface area contributed by atoms with Crippen LogP contribution in [-0.4, -0.2) is 43.8 Å². The van der Waals surface area contributed by atoms with Crippen LogP contribution in [0.3, 0.4) is 0 Å². The van der Waals surface area contributed by atoms with Gasteiger partial charge in [-0.05, 0) is 73.9 Å². The van der Waals surface area contributed by atoms with E-state index in [9.17, 15) is 18.0 Å². The molecular formula is C29H33Cl2N3O4S. The van der Waals surface area contributed by atoms with Crippen molar-refractivity contribution >= 4 is 50.7 Å². The van der Waals surface area contributed by atoms with Crippen molar-refractivity contribution in [3.63, 3.8) is 0 Å². The molecule has 2 atom stereocenters. The Labute approximate surface area is 240 Å². The van der Waals surface area contributed by atoms with Crippen LogP contribution in [0.25, 0.3) is 0 Å². The molecule has 1 N–H and O–H groups in total. The van der Waals surface area contributed by atoms with Crippen LogP contribution >= 0.6 is 23.2 Å². The Balaban J connectivity index is 2.03. The summed E-state index contributed by atoms with van der Waals surface area (Å²) in [7, 11) is -4.12. The first-order chi connectivity index (χ1) is 18.6. The van der Waals surface area contributed by atoms with Crippen LogP contribution in [0.1, 0.15) is 39.2 Å². The van der Waals surface area contributed by atoms with Crippen LogP contribution in [0.15, 0.2) is 83.8 Å². The molecule has 3 aromatic rings. The van der Waals surface area contributed by atoms with Crippen molar-refractivity contribution < 1.29 is 18.0 Å². The third-order valence-corrected chi connectivity index (χ3v) is 8.67.